The van der Waals surface area contributed by atoms with Crippen LogP contribution in [0.2, 0.25) is 0 Å². The Morgan fingerprint density at radius 2 is 1.92 bits per heavy atom. The molecule has 0 amide bonds. The number of aliphatic hydroxyl groups is 1. The zero-order valence-electron chi connectivity index (χ0n) is 7.24. The van der Waals surface area contributed by atoms with Crippen molar-refractivity contribution in [2.75, 3.05) is 13.7 Å². The molecule has 4 heteroatoms. The smallest absolute Gasteiger partial charge is 0.220 e. The van der Waals surface area contributed by atoms with Crippen molar-refractivity contribution < 1.29 is 19.4 Å². The van der Waals surface area contributed by atoms with Gasteiger partial charge in [0.05, 0.1) is 6.61 Å². The topological polar surface area (TPSA) is 63.6 Å². The zero-order chi connectivity index (χ0) is 9.84. The second kappa shape index (κ2) is 4.00. The molecule has 0 heterocycles. The van der Waals surface area contributed by atoms with E-state index in [1.54, 1.807) is 0 Å². The Labute approximate surface area is 75.5 Å². The third kappa shape index (κ3) is 2.03. The molecule has 1 aliphatic rings. The molecule has 4 nitrogen and oxygen atoms in total. The number of carbonyl (C=O) groups is 2. The fourth-order valence-electron chi connectivity index (χ4n) is 1.04. The first-order valence-electron chi connectivity index (χ1n) is 3.84. The van der Waals surface area contributed by atoms with Gasteiger partial charge in [-0.05, 0) is 12.2 Å². The Balaban J connectivity index is 2.83. The van der Waals surface area contributed by atoms with E-state index in [9.17, 15) is 14.7 Å². The molecule has 0 atom stereocenters. The highest BCUT2D eigenvalue weighted by atomic mass is 16.5. The summed E-state index contributed by atoms with van der Waals surface area (Å²) in [5.41, 5.74) is 0.134. The summed E-state index contributed by atoms with van der Waals surface area (Å²) in [6.45, 7) is 0.312. The van der Waals surface area contributed by atoms with E-state index in [1.807, 2.05) is 0 Å². The van der Waals surface area contributed by atoms with Crippen molar-refractivity contribution in [2.45, 2.75) is 6.42 Å². The maximum atomic E-state index is 11.1. The SMILES string of the molecule is COCCC1=C(O)C(=O)C=CC1=O. The Morgan fingerprint density at radius 3 is 2.54 bits per heavy atom. The molecule has 1 aliphatic carbocycles. The lowest BCUT2D eigenvalue weighted by atomic mass is 9.99. The van der Waals surface area contributed by atoms with Crippen LogP contribution in [0.4, 0.5) is 0 Å². The van der Waals surface area contributed by atoms with Gasteiger partial charge in [-0.1, -0.05) is 0 Å². The zero-order valence-corrected chi connectivity index (χ0v) is 7.24. The van der Waals surface area contributed by atoms with Crippen molar-refractivity contribution in [1.29, 1.82) is 0 Å². The van der Waals surface area contributed by atoms with Gasteiger partial charge in [-0.25, -0.2) is 0 Å². The molecular formula is C9H10O4. The average molecular weight is 182 g/mol. The number of methoxy groups -OCH3 is 1. The van der Waals surface area contributed by atoms with E-state index < -0.39 is 11.5 Å². The van der Waals surface area contributed by atoms with Gasteiger partial charge in [0.15, 0.2) is 11.5 Å². The predicted molar refractivity (Wildman–Crippen MR) is 45.3 cm³/mol. The fraction of sp³-hybridized carbons (Fsp3) is 0.333. The second-order valence-electron chi connectivity index (χ2n) is 2.63. The number of aliphatic hydroxyl groups excluding tert-OH is 1. The van der Waals surface area contributed by atoms with Crippen LogP contribution in [0.1, 0.15) is 6.42 Å². The summed E-state index contributed by atoms with van der Waals surface area (Å²) in [6.07, 6.45) is 2.48. The molecular weight excluding hydrogens is 172 g/mol. The summed E-state index contributed by atoms with van der Waals surface area (Å²) in [5, 5.41) is 9.24. The highest BCUT2D eigenvalue weighted by molar-refractivity contribution is 6.18. The summed E-state index contributed by atoms with van der Waals surface area (Å²) in [5.74, 6) is -1.30. The molecule has 0 radical (unpaired) electrons. The van der Waals surface area contributed by atoms with Gasteiger partial charge in [-0.2, -0.15) is 0 Å². The van der Waals surface area contributed by atoms with Crippen molar-refractivity contribution >= 4 is 11.6 Å². The van der Waals surface area contributed by atoms with Gasteiger partial charge in [0, 0.05) is 19.1 Å². The molecule has 1 rings (SSSR count). The number of hydrogen-bond donors (Lipinski definition) is 1. The number of ether oxygens (including phenoxy) is 1. The van der Waals surface area contributed by atoms with Gasteiger partial charge < -0.3 is 9.84 Å². The first-order valence-corrected chi connectivity index (χ1v) is 3.84. The highest BCUT2D eigenvalue weighted by Gasteiger charge is 2.21. The third-order valence-corrected chi connectivity index (χ3v) is 1.76. The van der Waals surface area contributed by atoms with E-state index in [2.05, 4.69) is 0 Å². The molecule has 0 aromatic rings. The summed E-state index contributed by atoms with van der Waals surface area (Å²) in [7, 11) is 1.49. The Kier molecular flexibility index (Phi) is 2.97. The van der Waals surface area contributed by atoms with E-state index in [-0.39, 0.29) is 17.8 Å². The van der Waals surface area contributed by atoms with E-state index in [0.29, 0.717) is 6.61 Å². The van der Waals surface area contributed by atoms with E-state index >= 15 is 0 Å². The van der Waals surface area contributed by atoms with Gasteiger partial charge in [0.1, 0.15) is 0 Å². The lowest BCUT2D eigenvalue weighted by Gasteiger charge is -2.08. The van der Waals surface area contributed by atoms with Crippen LogP contribution in [0.5, 0.6) is 0 Å². The largest absolute Gasteiger partial charge is 0.504 e. The number of hydrogen-bond acceptors (Lipinski definition) is 4. The lowest BCUT2D eigenvalue weighted by Crippen LogP contribution is -2.15. The maximum Gasteiger partial charge on any atom is 0.220 e. The molecule has 1 N–H and O–H groups in total. The molecule has 0 saturated heterocycles. The molecule has 0 aromatic heterocycles. The Morgan fingerprint density at radius 1 is 1.31 bits per heavy atom. The molecule has 70 valence electrons. The van der Waals surface area contributed by atoms with Gasteiger partial charge in [-0.3, -0.25) is 9.59 Å². The second-order valence-corrected chi connectivity index (χ2v) is 2.63. The van der Waals surface area contributed by atoms with Crippen molar-refractivity contribution in [3.8, 4) is 0 Å². The van der Waals surface area contributed by atoms with Gasteiger partial charge in [0.2, 0.25) is 5.78 Å². The standard InChI is InChI=1S/C9H10O4/c1-13-5-4-6-7(10)2-3-8(11)9(6)12/h2-3,12H,4-5H2,1H3. The Bertz CT molecular complexity index is 299. The number of allylic oxidation sites excluding steroid dienone is 2. The van der Waals surface area contributed by atoms with Crippen molar-refractivity contribution in [3.05, 3.63) is 23.5 Å². The van der Waals surface area contributed by atoms with E-state index in [0.717, 1.165) is 12.2 Å². The molecule has 13 heavy (non-hydrogen) atoms. The first kappa shape index (κ1) is 9.67. The third-order valence-electron chi connectivity index (χ3n) is 1.76. The maximum absolute atomic E-state index is 11.1. The number of carbonyl (C=O) groups excluding carboxylic acids is 2. The fourth-order valence-corrected chi connectivity index (χ4v) is 1.04. The van der Waals surface area contributed by atoms with Crippen molar-refractivity contribution in [3.63, 3.8) is 0 Å². The normalized spacial score (nSPS) is 17.0. The minimum Gasteiger partial charge on any atom is -0.504 e. The first-order chi connectivity index (χ1) is 6.16. The summed E-state index contributed by atoms with van der Waals surface area (Å²) < 4.78 is 4.74. The lowest BCUT2D eigenvalue weighted by molar-refractivity contribution is -0.117. The molecule has 0 spiro atoms. The van der Waals surface area contributed by atoms with Gasteiger partial charge >= 0.3 is 0 Å². The van der Waals surface area contributed by atoms with Crippen molar-refractivity contribution in [2.24, 2.45) is 0 Å². The van der Waals surface area contributed by atoms with Crippen LogP contribution in [0.3, 0.4) is 0 Å². The summed E-state index contributed by atoms with van der Waals surface area (Å²) in [6, 6.07) is 0. The van der Waals surface area contributed by atoms with Crippen LogP contribution < -0.4 is 0 Å². The van der Waals surface area contributed by atoms with E-state index in [1.165, 1.54) is 7.11 Å². The van der Waals surface area contributed by atoms with Crippen LogP contribution in [0, 0.1) is 0 Å². The highest BCUT2D eigenvalue weighted by Crippen LogP contribution is 2.14. The van der Waals surface area contributed by atoms with Gasteiger partial charge in [0.25, 0.3) is 0 Å². The minimum atomic E-state index is -0.522. The quantitative estimate of drug-likeness (QED) is 0.647. The van der Waals surface area contributed by atoms with Crippen LogP contribution >= 0.6 is 0 Å². The van der Waals surface area contributed by atoms with Crippen LogP contribution in [-0.4, -0.2) is 30.4 Å². The van der Waals surface area contributed by atoms with Crippen LogP contribution in [0.25, 0.3) is 0 Å². The van der Waals surface area contributed by atoms with Crippen molar-refractivity contribution in [1.82, 2.24) is 0 Å². The molecule has 0 aromatic carbocycles. The van der Waals surface area contributed by atoms with Crippen LogP contribution in [-0.2, 0) is 14.3 Å². The monoisotopic (exact) mass is 182 g/mol. The van der Waals surface area contributed by atoms with E-state index in [4.69, 9.17) is 4.74 Å². The predicted octanol–water partition coefficient (Wildman–Crippen LogP) is 0.543. The minimum absolute atomic E-state index is 0.134. The molecule has 0 unspecified atom stereocenters. The molecule has 0 saturated carbocycles. The molecule has 0 bridgehead atoms. The average Bonchev–Trinajstić information content (AvgIpc) is 2.12. The summed E-state index contributed by atoms with van der Waals surface area (Å²) >= 11 is 0. The van der Waals surface area contributed by atoms with Crippen LogP contribution in [0.15, 0.2) is 23.5 Å². The van der Waals surface area contributed by atoms with Gasteiger partial charge in [-0.15, -0.1) is 0 Å². The molecule has 0 fully saturated rings. The number of ketones is 2. The Hall–Kier alpha value is -1.42. The molecule has 0 aliphatic heterocycles. The summed E-state index contributed by atoms with van der Waals surface area (Å²) in [4.78, 5) is 22.1. The number of rotatable bonds is 3.